The van der Waals surface area contributed by atoms with Gasteiger partial charge in [-0.2, -0.15) is 5.10 Å². The van der Waals surface area contributed by atoms with Crippen molar-refractivity contribution < 1.29 is 8.78 Å². The first kappa shape index (κ1) is 12.2. The van der Waals surface area contributed by atoms with Gasteiger partial charge in [0.15, 0.2) is 0 Å². The molecule has 0 radical (unpaired) electrons. The molecule has 0 saturated heterocycles. The van der Waals surface area contributed by atoms with Gasteiger partial charge in [-0.25, -0.2) is 8.78 Å². The molecule has 0 fully saturated rings. The van der Waals surface area contributed by atoms with Crippen LogP contribution in [0.5, 0.6) is 0 Å². The SMILES string of the molecule is Cc1nn(C)c(N(C)CC(F)F)c1CCl. The second kappa shape index (κ2) is 4.79. The molecule has 0 aromatic carbocycles. The molecule has 86 valence electrons. The highest BCUT2D eigenvalue weighted by molar-refractivity contribution is 6.17. The number of halogens is 3. The van der Waals surface area contributed by atoms with Gasteiger partial charge in [0.1, 0.15) is 5.82 Å². The number of alkyl halides is 3. The second-order valence-electron chi connectivity index (χ2n) is 3.42. The molecule has 6 heteroatoms. The van der Waals surface area contributed by atoms with Gasteiger partial charge >= 0.3 is 0 Å². The molecule has 0 aliphatic heterocycles. The minimum absolute atomic E-state index is 0.280. The first-order valence-corrected chi connectivity index (χ1v) is 5.08. The highest BCUT2D eigenvalue weighted by Crippen LogP contribution is 2.24. The summed E-state index contributed by atoms with van der Waals surface area (Å²) < 4.78 is 26.1. The normalized spacial score (nSPS) is 11.1. The molecule has 1 rings (SSSR count). The molecule has 0 aliphatic carbocycles. The van der Waals surface area contributed by atoms with E-state index in [0.717, 1.165) is 11.3 Å². The van der Waals surface area contributed by atoms with Crippen molar-refractivity contribution >= 4 is 17.4 Å². The van der Waals surface area contributed by atoms with Crippen LogP contribution in [0.1, 0.15) is 11.3 Å². The molecule has 0 spiro atoms. The average Bonchev–Trinajstić information content (AvgIpc) is 2.38. The molecule has 15 heavy (non-hydrogen) atoms. The minimum Gasteiger partial charge on any atom is -0.354 e. The van der Waals surface area contributed by atoms with E-state index in [1.54, 1.807) is 18.8 Å². The molecular weight excluding hydrogens is 224 g/mol. The third-order valence-corrected chi connectivity index (χ3v) is 2.49. The summed E-state index contributed by atoms with van der Waals surface area (Å²) in [5, 5.41) is 4.16. The average molecular weight is 238 g/mol. The minimum atomic E-state index is -2.37. The molecule has 0 bridgehead atoms. The zero-order chi connectivity index (χ0) is 11.6. The van der Waals surface area contributed by atoms with Gasteiger partial charge in [-0.3, -0.25) is 4.68 Å². The monoisotopic (exact) mass is 237 g/mol. The molecule has 0 aliphatic rings. The number of hydrogen-bond acceptors (Lipinski definition) is 2. The summed E-state index contributed by atoms with van der Waals surface area (Å²) in [6.07, 6.45) is -2.37. The molecule has 0 amide bonds. The molecule has 0 atom stereocenters. The summed E-state index contributed by atoms with van der Waals surface area (Å²) in [5.74, 6) is 0.936. The van der Waals surface area contributed by atoms with Crippen LogP contribution in [0.25, 0.3) is 0 Å². The molecule has 0 saturated carbocycles. The van der Waals surface area contributed by atoms with Crippen molar-refractivity contribution in [3.63, 3.8) is 0 Å². The Morgan fingerprint density at radius 1 is 1.53 bits per heavy atom. The Morgan fingerprint density at radius 3 is 2.60 bits per heavy atom. The van der Waals surface area contributed by atoms with Crippen LogP contribution in [0.3, 0.4) is 0 Å². The van der Waals surface area contributed by atoms with Gasteiger partial charge in [-0.15, -0.1) is 11.6 Å². The summed E-state index contributed by atoms with van der Waals surface area (Å²) in [5.41, 5.74) is 1.59. The van der Waals surface area contributed by atoms with Crippen LogP contribution in [0, 0.1) is 6.92 Å². The zero-order valence-corrected chi connectivity index (χ0v) is 9.72. The van der Waals surface area contributed by atoms with Gasteiger partial charge in [0.05, 0.1) is 18.1 Å². The molecule has 1 heterocycles. The number of nitrogens with zero attached hydrogens (tertiary/aromatic N) is 3. The highest BCUT2D eigenvalue weighted by Gasteiger charge is 2.18. The number of hydrogen-bond donors (Lipinski definition) is 0. The van der Waals surface area contributed by atoms with E-state index in [0.29, 0.717) is 5.82 Å². The van der Waals surface area contributed by atoms with Crippen molar-refractivity contribution in [2.45, 2.75) is 19.2 Å². The van der Waals surface area contributed by atoms with E-state index in [1.165, 1.54) is 4.90 Å². The van der Waals surface area contributed by atoms with Gasteiger partial charge < -0.3 is 4.90 Å². The maximum Gasteiger partial charge on any atom is 0.255 e. The third kappa shape index (κ3) is 2.59. The van der Waals surface area contributed by atoms with Gasteiger partial charge in [-0.1, -0.05) is 0 Å². The Kier molecular flexibility index (Phi) is 3.90. The fourth-order valence-corrected chi connectivity index (χ4v) is 1.93. The molecule has 0 N–H and O–H groups in total. The largest absolute Gasteiger partial charge is 0.354 e. The fourth-order valence-electron chi connectivity index (χ4n) is 1.62. The quantitative estimate of drug-likeness (QED) is 0.749. The second-order valence-corrected chi connectivity index (χ2v) is 3.68. The lowest BCUT2D eigenvalue weighted by Gasteiger charge is -2.19. The molecule has 1 aromatic rings. The first-order valence-electron chi connectivity index (χ1n) is 4.55. The summed E-state index contributed by atoms with van der Waals surface area (Å²) in [7, 11) is 3.33. The van der Waals surface area contributed by atoms with Crippen LogP contribution in [0.2, 0.25) is 0 Å². The molecule has 3 nitrogen and oxygen atoms in total. The summed E-state index contributed by atoms with van der Waals surface area (Å²) in [6.45, 7) is 1.50. The smallest absolute Gasteiger partial charge is 0.255 e. The van der Waals surface area contributed by atoms with Crippen LogP contribution < -0.4 is 4.90 Å². The Morgan fingerprint density at radius 2 is 2.13 bits per heavy atom. The lowest BCUT2D eigenvalue weighted by atomic mass is 10.2. The van der Waals surface area contributed by atoms with Crippen molar-refractivity contribution in [3.05, 3.63) is 11.3 Å². The van der Waals surface area contributed by atoms with E-state index in [2.05, 4.69) is 5.10 Å². The lowest BCUT2D eigenvalue weighted by molar-refractivity contribution is 0.156. The van der Waals surface area contributed by atoms with Crippen LogP contribution in [0.15, 0.2) is 0 Å². The van der Waals surface area contributed by atoms with Gasteiger partial charge in [0.25, 0.3) is 6.43 Å². The zero-order valence-electron chi connectivity index (χ0n) is 8.97. The maximum absolute atomic E-state index is 12.2. The lowest BCUT2D eigenvalue weighted by Crippen LogP contribution is -2.26. The predicted octanol–water partition coefficient (Wildman–Crippen LogP) is 2.17. The number of aromatic nitrogens is 2. The summed E-state index contributed by atoms with van der Waals surface area (Å²) in [6, 6.07) is 0. The standard InChI is InChI=1S/C9H14ClF2N3/c1-6-7(4-10)9(15(3)13-6)14(2)5-8(11)12/h8H,4-5H2,1-3H3. The summed E-state index contributed by atoms with van der Waals surface area (Å²) in [4.78, 5) is 1.47. The van der Waals surface area contributed by atoms with E-state index in [4.69, 9.17) is 11.6 Å². The van der Waals surface area contributed by atoms with Crippen LogP contribution >= 0.6 is 11.6 Å². The fraction of sp³-hybridized carbons (Fsp3) is 0.667. The van der Waals surface area contributed by atoms with Crippen molar-refractivity contribution in [1.29, 1.82) is 0 Å². The van der Waals surface area contributed by atoms with Crippen LogP contribution in [-0.4, -0.2) is 29.8 Å². The van der Waals surface area contributed by atoms with Crippen molar-refractivity contribution in [2.75, 3.05) is 18.5 Å². The van der Waals surface area contributed by atoms with E-state index in [9.17, 15) is 8.78 Å². The van der Waals surface area contributed by atoms with Crippen molar-refractivity contribution in [3.8, 4) is 0 Å². The van der Waals surface area contributed by atoms with Crippen molar-refractivity contribution in [2.24, 2.45) is 7.05 Å². The van der Waals surface area contributed by atoms with Gasteiger partial charge in [-0.05, 0) is 6.92 Å². The van der Waals surface area contributed by atoms with Crippen molar-refractivity contribution in [1.82, 2.24) is 9.78 Å². The topological polar surface area (TPSA) is 21.1 Å². The number of rotatable bonds is 4. The van der Waals surface area contributed by atoms with E-state index < -0.39 is 6.43 Å². The van der Waals surface area contributed by atoms with E-state index >= 15 is 0 Å². The molecule has 0 unspecified atom stereocenters. The first-order chi connectivity index (χ1) is 6.97. The Balaban J connectivity index is 3.01. The maximum atomic E-state index is 12.2. The van der Waals surface area contributed by atoms with Crippen LogP contribution in [0.4, 0.5) is 14.6 Å². The summed E-state index contributed by atoms with van der Waals surface area (Å²) >= 11 is 5.76. The molecular formula is C9H14ClF2N3. The molecule has 1 aromatic heterocycles. The van der Waals surface area contributed by atoms with Gasteiger partial charge in [0, 0.05) is 19.7 Å². The van der Waals surface area contributed by atoms with Crippen LogP contribution in [-0.2, 0) is 12.9 Å². The van der Waals surface area contributed by atoms with E-state index in [-0.39, 0.29) is 12.4 Å². The van der Waals surface area contributed by atoms with Gasteiger partial charge in [0.2, 0.25) is 0 Å². The Hall–Kier alpha value is -0.840. The van der Waals surface area contributed by atoms with E-state index in [1.807, 2.05) is 6.92 Å². The third-order valence-electron chi connectivity index (χ3n) is 2.22. The number of aryl methyl sites for hydroxylation is 2. The predicted molar refractivity (Wildman–Crippen MR) is 56.8 cm³/mol. The highest BCUT2D eigenvalue weighted by atomic mass is 35.5. The Bertz CT molecular complexity index is 338. The Labute approximate surface area is 92.6 Å². The number of anilines is 1.